The van der Waals surface area contributed by atoms with Gasteiger partial charge in [-0.05, 0) is 25.0 Å². The van der Waals surface area contributed by atoms with Crippen LogP contribution in [0.1, 0.15) is 12.8 Å². The van der Waals surface area contributed by atoms with Gasteiger partial charge in [0.25, 0.3) is 0 Å². The van der Waals surface area contributed by atoms with Gasteiger partial charge in [-0.15, -0.1) is 0 Å². The van der Waals surface area contributed by atoms with Crippen molar-refractivity contribution < 1.29 is 13.9 Å². The molecule has 0 saturated heterocycles. The number of ether oxygens (including phenoxy) is 2. The van der Waals surface area contributed by atoms with E-state index < -0.39 is 5.82 Å². The van der Waals surface area contributed by atoms with Gasteiger partial charge < -0.3 is 14.8 Å². The Hall–Kier alpha value is -0.840. The van der Waals surface area contributed by atoms with Gasteiger partial charge in [0.05, 0.1) is 11.6 Å². The average molecular weight is 274 g/mol. The molecular weight excluding hydrogens is 257 g/mol. The second-order valence-electron chi connectivity index (χ2n) is 4.45. The van der Waals surface area contributed by atoms with Crippen molar-refractivity contribution in [3.8, 4) is 5.75 Å². The number of nitrogens with one attached hydrogen (secondary N) is 1. The topological polar surface area (TPSA) is 30.5 Å². The standard InChI is InChI=1S/C13H17ClFNO2/c1-17-8-11(7-16-9-2-3-9)18-10-4-5-13(15)12(14)6-10/h4-6,9,11,16H,2-3,7-8H2,1H3. The third-order valence-electron chi connectivity index (χ3n) is 2.76. The van der Waals surface area contributed by atoms with Crippen molar-refractivity contribution in [2.75, 3.05) is 20.3 Å². The zero-order chi connectivity index (χ0) is 13.0. The van der Waals surface area contributed by atoms with E-state index in [1.54, 1.807) is 13.2 Å². The fourth-order valence-electron chi connectivity index (χ4n) is 1.65. The molecule has 1 aliphatic carbocycles. The van der Waals surface area contributed by atoms with Gasteiger partial charge in [-0.25, -0.2) is 4.39 Å². The molecule has 5 heteroatoms. The zero-order valence-corrected chi connectivity index (χ0v) is 11.0. The third-order valence-corrected chi connectivity index (χ3v) is 3.05. The maximum absolute atomic E-state index is 13.0. The molecule has 0 heterocycles. The first-order valence-electron chi connectivity index (χ1n) is 6.03. The fraction of sp³-hybridized carbons (Fsp3) is 0.538. The predicted octanol–water partition coefficient (Wildman–Crippen LogP) is 2.62. The molecule has 1 unspecified atom stereocenters. The molecule has 1 aromatic rings. The van der Waals surface area contributed by atoms with Crippen LogP contribution in [0.3, 0.4) is 0 Å². The minimum atomic E-state index is -0.441. The van der Waals surface area contributed by atoms with E-state index in [9.17, 15) is 4.39 Å². The normalized spacial score (nSPS) is 16.6. The van der Waals surface area contributed by atoms with Crippen molar-refractivity contribution in [2.45, 2.75) is 25.0 Å². The molecule has 1 N–H and O–H groups in total. The molecule has 1 fully saturated rings. The molecular formula is C13H17ClFNO2. The SMILES string of the molecule is COCC(CNC1CC1)Oc1ccc(F)c(Cl)c1. The Morgan fingerprint density at radius 3 is 2.89 bits per heavy atom. The molecule has 1 saturated carbocycles. The van der Waals surface area contributed by atoms with Crippen LogP contribution in [0.15, 0.2) is 18.2 Å². The van der Waals surface area contributed by atoms with E-state index in [2.05, 4.69) is 5.32 Å². The number of hydrogen-bond donors (Lipinski definition) is 1. The van der Waals surface area contributed by atoms with Gasteiger partial charge in [0.2, 0.25) is 0 Å². The molecule has 0 radical (unpaired) electrons. The third kappa shape index (κ3) is 4.12. The van der Waals surface area contributed by atoms with E-state index in [4.69, 9.17) is 21.1 Å². The van der Waals surface area contributed by atoms with Gasteiger partial charge in [0, 0.05) is 25.8 Å². The van der Waals surface area contributed by atoms with Crippen molar-refractivity contribution >= 4 is 11.6 Å². The summed E-state index contributed by atoms with van der Waals surface area (Å²) < 4.78 is 23.9. The number of halogens is 2. The van der Waals surface area contributed by atoms with Gasteiger partial charge in [0.15, 0.2) is 0 Å². The van der Waals surface area contributed by atoms with Crippen LogP contribution in [-0.4, -0.2) is 32.4 Å². The molecule has 100 valence electrons. The lowest BCUT2D eigenvalue weighted by Crippen LogP contribution is -2.35. The Kier molecular flexibility index (Phi) is 4.80. The predicted molar refractivity (Wildman–Crippen MR) is 68.7 cm³/mol. The fourth-order valence-corrected chi connectivity index (χ4v) is 1.82. The van der Waals surface area contributed by atoms with Gasteiger partial charge in [-0.2, -0.15) is 0 Å². The van der Waals surface area contributed by atoms with Crippen molar-refractivity contribution in [3.05, 3.63) is 29.0 Å². The average Bonchev–Trinajstić information content (AvgIpc) is 3.15. The van der Waals surface area contributed by atoms with Gasteiger partial charge in [-0.1, -0.05) is 11.6 Å². The number of methoxy groups -OCH3 is 1. The van der Waals surface area contributed by atoms with E-state index in [0.717, 1.165) is 0 Å². The van der Waals surface area contributed by atoms with Crippen LogP contribution >= 0.6 is 11.6 Å². The van der Waals surface area contributed by atoms with Crippen LogP contribution in [0.25, 0.3) is 0 Å². The van der Waals surface area contributed by atoms with Gasteiger partial charge in [-0.3, -0.25) is 0 Å². The molecule has 1 aromatic carbocycles. The first-order chi connectivity index (χ1) is 8.69. The molecule has 3 nitrogen and oxygen atoms in total. The minimum absolute atomic E-state index is 0.0684. The van der Waals surface area contributed by atoms with Crippen LogP contribution in [0.2, 0.25) is 5.02 Å². The lowest BCUT2D eigenvalue weighted by atomic mass is 10.3. The largest absolute Gasteiger partial charge is 0.487 e. The highest BCUT2D eigenvalue weighted by Gasteiger charge is 2.22. The maximum Gasteiger partial charge on any atom is 0.142 e. The van der Waals surface area contributed by atoms with Crippen LogP contribution in [0, 0.1) is 5.82 Å². The van der Waals surface area contributed by atoms with Crippen LogP contribution in [-0.2, 0) is 4.74 Å². The van der Waals surface area contributed by atoms with Crippen molar-refractivity contribution in [1.82, 2.24) is 5.32 Å². The van der Waals surface area contributed by atoms with Gasteiger partial charge >= 0.3 is 0 Å². The van der Waals surface area contributed by atoms with Gasteiger partial charge in [0.1, 0.15) is 17.7 Å². The molecule has 0 amide bonds. The second-order valence-corrected chi connectivity index (χ2v) is 4.86. The molecule has 0 aromatic heterocycles. The Bertz CT molecular complexity index is 399. The van der Waals surface area contributed by atoms with E-state index in [1.807, 2.05) is 0 Å². The Labute approximate surface area is 111 Å². The zero-order valence-electron chi connectivity index (χ0n) is 10.3. The molecule has 2 rings (SSSR count). The highest BCUT2D eigenvalue weighted by atomic mass is 35.5. The molecule has 0 bridgehead atoms. The molecule has 18 heavy (non-hydrogen) atoms. The number of hydrogen-bond acceptors (Lipinski definition) is 3. The highest BCUT2D eigenvalue weighted by Crippen LogP contribution is 2.22. The van der Waals surface area contributed by atoms with Crippen LogP contribution < -0.4 is 10.1 Å². The monoisotopic (exact) mass is 273 g/mol. The lowest BCUT2D eigenvalue weighted by molar-refractivity contribution is 0.0803. The summed E-state index contributed by atoms with van der Waals surface area (Å²) in [6, 6.07) is 4.97. The first-order valence-corrected chi connectivity index (χ1v) is 6.41. The van der Waals surface area contributed by atoms with Crippen molar-refractivity contribution in [2.24, 2.45) is 0 Å². The summed E-state index contributed by atoms with van der Waals surface area (Å²) >= 11 is 5.71. The summed E-state index contributed by atoms with van der Waals surface area (Å²) in [5, 5.41) is 3.44. The van der Waals surface area contributed by atoms with Crippen LogP contribution in [0.5, 0.6) is 5.75 Å². The van der Waals surface area contributed by atoms with E-state index in [1.165, 1.54) is 25.0 Å². The Morgan fingerprint density at radius 1 is 1.50 bits per heavy atom. The molecule has 1 aliphatic rings. The molecule has 0 spiro atoms. The molecule has 1 atom stereocenters. The van der Waals surface area contributed by atoms with E-state index >= 15 is 0 Å². The summed E-state index contributed by atoms with van der Waals surface area (Å²) in [4.78, 5) is 0. The Morgan fingerprint density at radius 2 is 2.28 bits per heavy atom. The highest BCUT2D eigenvalue weighted by molar-refractivity contribution is 6.30. The Balaban J connectivity index is 1.90. The summed E-state index contributed by atoms with van der Waals surface area (Å²) in [5.74, 6) is 0.115. The summed E-state index contributed by atoms with van der Waals surface area (Å²) in [6.07, 6.45) is 2.35. The van der Waals surface area contributed by atoms with Crippen LogP contribution in [0.4, 0.5) is 4.39 Å². The maximum atomic E-state index is 13.0. The summed E-state index contributed by atoms with van der Waals surface area (Å²) in [6.45, 7) is 1.20. The van der Waals surface area contributed by atoms with Crippen molar-refractivity contribution in [1.29, 1.82) is 0 Å². The van der Waals surface area contributed by atoms with E-state index in [0.29, 0.717) is 24.9 Å². The quantitative estimate of drug-likeness (QED) is 0.828. The second kappa shape index (κ2) is 6.36. The summed E-state index contributed by atoms with van der Waals surface area (Å²) in [7, 11) is 1.63. The minimum Gasteiger partial charge on any atom is -0.487 e. The summed E-state index contributed by atoms with van der Waals surface area (Å²) in [5.41, 5.74) is 0. The first kappa shape index (κ1) is 13.6. The van der Waals surface area contributed by atoms with Crippen molar-refractivity contribution in [3.63, 3.8) is 0 Å². The number of rotatable bonds is 7. The lowest BCUT2D eigenvalue weighted by Gasteiger charge is -2.19. The number of benzene rings is 1. The molecule has 0 aliphatic heterocycles. The van der Waals surface area contributed by atoms with E-state index in [-0.39, 0.29) is 11.1 Å². The smallest absolute Gasteiger partial charge is 0.142 e.